The lowest BCUT2D eigenvalue weighted by molar-refractivity contribution is -0.138. The third kappa shape index (κ3) is 10.7. The van der Waals surface area contributed by atoms with E-state index in [-0.39, 0.29) is 11.7 Å². The number of carbonyl (C=O) groups is 3. The molecule has 26 heavy (non-hydrogen) atoms. The first-order valence-electron chi connectivity index (χ1n) is 9.14. The van der Waals surface area contributed by atoms with Crippen molar-refractivity contribution in [2.75, 3.05) is 12.3 Å². The first-order chi connectivity index (χ1) is 12.0. The number of likely N-dealkylation sites (tertiary alicyclic amines) is 1. The molecule has 0 bridgehead atoms. The first kappa shape index (κ1) is 24.7. The van der Waals surface area contributed by atoms with Crippen LogP contribution in [-0.4, -0.2) is 51.9 Å². The highest BCUT2D eigenvalue weighted by Crippen LogP contribution is 2.25. The maximum Gasteiger partial charge on any atom is 0.417 e. The van der Waals surface area contributed by atoms with E-state index < -0.39 is 23.7 Å². The van der Waals surface area contributed by atoms with Gasteiger partial charge >= 0.3 is 12.1 Å². The van der Waals surface area contributed by atoms with E-state index in [1.165, 1.54) is 24.2 Å². The van der Waals surface area contributed by atoms with E-state index in [2.05, 4.69) is 19.6 Å². The third-order valence-corrected chi connectivity index (χ3v) is 4.19. The van der Waals surface area contributed by atoms with Crippen molar-refractivity contribution in [1.29, 1.82) is 0 Å². The predicted molar refractivity (Wildman–Crippen MR) is 104 cm³/mol. The molecule has 1 aliphatic heterocycles. The number of carboxylic acids is 1. The summed E-state index contributed by atoms with van der Waals surface area (Å²) < 4.78 is 5.25. The van der Waals surface area contributed by atoms with Gasteiger partial charge in [-0.3, -0.25) is 9.59 Å². The molecule has 1 rings (SSSR count). The number of carboxylic acid groups (broad SMARTS) is 1. The van der Waals surface area contributed by atoms with Crippen molar-refractivity contribution in [2.45, 2.75) is 77.9 Å². The summed E-state index contributed by atoms with van der Waals surface area (Å²) in [6, 6.07) is -0.816. The minimum absolute atomic E-state index is 0.0882. The number of ether oxygens (including phenoxy) is 1. The number of rotatable bonds is 7. The second kappa shape index (κ2) is 12.2. The van der Waals surface area contributed by atoms with Gasteiger partial charge in [0.25, 0.3) is 0 Å². The number of carbonyl (C=O) groups excluding carboxylic acids is 2. The minimum Gasteiger partial charge on any atom is -0.480 e. The van der Waals surface area contributed by atoms with Crippen molar-refractivity contribution in [3.05, 3.63) is 0 Å². The molecular formula is C18H34N2O5S. The van der Waals surface area contributed by atoms with Crippen LogP contribution in [0.1, 0.15) is 66.2 Å². The van der Waals surface area contributed by atoms with Crippen LogP contribution in [-0.2, 0) is 14.3 Å². The van der Waals surface area contributed by atoms with Crippen LogP contribution in [0.5, 0.6) is 0 Å². The van der Waals surface area contributed by atoms with Gasteiger partial charge in [-0.25, -0.2) is 9.69 Å². The molecule has 2 amide bonds. The first-order valence-corrected chi connectivity index (χ1v) is 9.77. The molecule has 8 heteroatoms. The lowest BCUT2D eigenvalue weighted by Gasteiger charge is -2.23. The SMILES string of the molecule is CCCCCC[C@H]1CC(=O)N(C(=O)OC(C)(C)C)C1.N[C@@H](CS)C(=O)O. The molecular weight excluding hydrogens is 356 g/mol. The van der Waals surface area contributed by atoms with Crippen LogP contribution < -0.4 is 5.73 Å². The molecule has 3 N–H and O–H groups in total. The van der Waals surface area contributed by atoms with E-state index in [4.69, 9.17) is 15.6 Å². The van der Waals surface area contributed by atoms with E-state index in [9.17, 15) is 14.4 Å². The Balaban J connectivity index is 0.000000758. The summed E-state index contributed by atoms with van der Waals surface area (Å²) in [5.41, 5.74) is 4.39. The molecule has 7 nitrogen and oxygen atoms in total. The number of hydrogen-bond acceptors (Lipinski definition) is 6. The number of unbranched alkanes of at least 4 members (excludes halogenated alkanes) is 3. The zero-order valence-corrected chi connectivity index (χ0v) is 17.3. The number of nitrogens with two attached hydrogens (primary N) is 1. The normalized spacial score (nSPS) is 18.2. The van der Waals surface area contributed by atoms with Gasteiger partial charge in [0, 0.05) is 18.7 Å². The Labute approximate surface area is 162 Å². The highest BCUT2D eigenvalue weighted by atomic mass is 32.1. The van der Waals surface area contributed by atoms with Crippen molar-refractivity contribution < 1.29 is 24.2 Å². The van der Waals surface area contributed by atoms with Crippen molar-refractivity contribution in [3.8, 4) is 0 Å². The molecule has 0 aromatic rings. The van der Waals surface area contributed by atoms with E-state index in [0.29, 0.717) is 18.9 Å². The highest BCUT2D eigenvalue weighted by Gasteiger charge is 2.35. The van der Waals surface area contributed by atoms with E-state index in [0.717, 1.165) is 12.8 Å². The average Bonchev–Trinajstić information content (AvgIpc) is 2.90. The van der Waals surface area contributed by atoms with Crippen molar-refractivity contribution in [1.82, 2.24) is 4.90 Å². The number of amides is 2. The fourth-order valence-corrected chi connectivity index (χ4v) is 2.56. The Kier molecular flexibility index (Phi) is 11.6. The number of imide groups is 1. The van der Waals surface area contributed by atoms with Crippen LogP contribution in [0, 0.1) is 5.92 Å². The van der Waals surface area contributed by atoms with Gasteiger partial charge in [-0.05, 0) is 33.1 Å². The van der Waals surface area contributed by atoms with Crippen LogP contribution in [0.2, 0.25) is 0 Å². The molecule has 0 aromatic heterocycles. The molecule has 1 heterocycles. The summed E-state index contributed by atoms with van der Waals surface area (Å²) in [4.78, 5) is 34.7. The van der Waals surface area contributed by atoms with Gasteiger partial charge in [0.05, 0.1) is 0 Å². The summed E-state index contributed by atoms with van der Waals surface area (Å²) in [5.74, 6) is -0.586. The Hall–Kier alpha value is -1.28. The summed E-state index contributed by atoms with van der Waals surface area (Å²) in [7, 11) is 0. The zero-order chi connectivity index (χ0) is 20.3. The Morgan fingerprint density at radius 3 is 2.38 bits per heavy atom. The molecule has 0 saturated carbocycles. The van der Waals surface area contributed by atoms with Gasteiger partial charge in [-0.1, -0.05) is 32.6 Å². The quantitative estimate of drug-likeness (QED) is 0.455. The van der Waals surface area contributed by atoms with Crippen molar-refractivity contribution in [3.63, 3.8) is 0 Å². The molecule has 152 valence electrons. The number of thiol groups is 1. The standard InChI is InChI=1S/C15H27NO3.C3H7NO2S/c1-5-6-7-8-9-12-10-13(17)16(11-12)14(18)19-15(2,3)4;4-2(1-7)3(5)6/h12H,5-11H2,1-4H3;2,7H,1,4H2,(H,5,6)/t12-;2-/m00/s1. The van der Waals surface area contributed by atoms with E-state index in [1.807, 2.05) is 20.8 Å². The van der Waals surface area contributed by atoms with E-state index >= 15 is 0 Å². The molecule has 0 aliphatic carbocycles. The van der Waals surface area contributed by atoms with E-state index in [1.54, 1.807) is 0 Å². The van der Waals surface area contributed by atoms with Crippen LogP contribution >= 0.6 is 12.6 Å². The zero-order valence-electron chi connectivity index (χ0n) is 16.4. The molecule has 1 fully saturated rings. The average molecular weight is 391 g/mol. The monoisotopic (exact) mass is 390 g/mol. The molecule has 1 aliphatic rings. The molecule has 0 aromatic carbocycles. The van der Waals surface area contributed by atoms with Crippen LogP contribution in [0.15, 0.2) is 0 Å². The third-order valence-electron chi connectivity index (χ3n) is 3.80. The lowest BCUT2D eigenvalue weighted by Crippen LogP contribution is -2.37. The van der Waals surface area contributed by atoms with Crippen LogP contribution in [0.3, 0.4) is 0 Å². The Bertz CT molecular complexity index is 465. The molecule has 1 saturated heterocycles. The van der Waals surface area contributed by atoms with Gasteiger partial charge < -0.3 is 15.6 Å². The van der Waals surface area contributed by atoms with Crippen molar-refractivity contribution in [2.24, 2.45) is 11.7 Å². The fraction of sp³-hybridized carbons (Fsp3) is 0.833. The largest absolute Gasteiger partial charge is 0.480 e. The lowest BCUT2D eigenvalue weighted by atomic mass is 10.00. The van der Waals surface area contributed by atoms with Gasteiger partial charge in [0.2, 0.25) is 5.91 Å². The smallest absolute Gasteiger partial charge is 0.417 e. The maximum absolute atomic E-state index is 11.9. The second-order valence-corrected chi connectivity index (χ2v) is 7.90. The van der Waals surface area contributed by atoms with Crippen LogP contribution in [0.4, 0.5) is 4.79 Å². The minimum atomic E-state index is -1.00. The summed E-state index contributed by atoms with van der Waals surface area (Å²) in [5, 5.41) is 8.01. The number of aliphatic carboxylic acids is 1. The molecule has 0 spiro atoms. The summed E-state index contributed by atoms with van der Waals surface area (Å²) >= 11 is 3.65. The topological polar surface area (TPSA) is 110 Å². The highest BCUT2D eigenvalue weighted by molar-refractivity contribution is 7.80. The Morgan fingerprint density at radius 1 is 1.35 bits per heavy atom. The molecule has 2 atom stereocenters. The van der Waals surface area contributed by atoms with Gasteiger partial charge in [-0.15, -0.1) is 0 Å². The fourth-order valence-electron chi connectivity index (χ4n) is 2.41. The predicted octanol–water partition coefficient (Wildman–Crippen LogP) is 3.07. The van der Waals surface area contributed by atoms with Gasteiger partial charge in [0.1, 0.15) is 11.6 Å². The maximum atomic E-state index is 11.9. The summed E-state index contributed by atoms with van der Waals surface area (Å²) in [6.45, 7) is 8.15. The second-order valence-electron chi connectivity index (χ2n) is 7.53. The number of nitrogens with zero attached hydrogens (tertiary/aromatic N) is 1. The van der Waals surface area contributed by atoms with Gasteiger partial charge in [0.15, 0.2) is 0 Å². The number of hydrogen-bond donors (Lipinski definition) is 3. The summed E-state index contributed by atoms with van der Waals surface area (Å²) in [6.07, 6.45) is 5.86. The van der Waals surface area contributed by atoms with Gasteiger partial charge in [-0.2, -0.15) is 12.6 Å². The van der Waals surface area contributed by atoms with Crippen molar-refractivity contribution >= 4 is 30.6 Å². The molecule has 0 radical (unpaired) electrons. The Morgan fingerprint density at radius 2 is 1.96 bits per heavy atom. The van der Waals surface area contributed by atoms with Crippen LogP contribution in [0.25, 0.3) is 0 Å². The molecule has 0 unspecified atom stereocenters.